The van der Waals surface area contributed by atoms with Crippen LogP contribution in [0.1, 0.15) is 29.2 Å². The van der Waals surface area contributed by atoms with E-state index in [-0.39, 0.29) is 4.90 Å². The largest absolute Gasteiger partial charge is 0.493 e. The van der Waals surface area contributed by atoms with Gasteiger partial charge in [-0.25, -0.2) is 8.42 Å². The van der Waals surface area contributed by atoms with Gasteiger partial charge < -0.3 is 9.47 Å². The van der Waals surface area contributed by atoms with Gasteiger partial charge in [-0.2, -0.15) is 0 Å². The van der Waals surface area contributed by atoms with Crippen LogP contribution >= 0.6 is 0 Å². The minimum Gasteiger partial charge on any atom is -0.493 e. The fraction of sp³-hybridized carbons (Fsp3) is 0.161. The van der Waals surface area contributed by atoms with Crippen LogP contribution < -0.4 is 13.8 Å². The van der Waals surface area contributed by atoms with E-state index in [2.05, 4.69) is 0 Å². The summed E-state index contributed by atoms with van der Waals surface area (Å²) in [5.41, 5.74) is 3.95. The quantitative estimate of drug-likeness (QED) is 0.294. The van der Waals surface area contributed by atoms with Crippen molar-refractivity contribution in [1.82, 2.24) is 0 Å². The number of hydrogen-bond acceptors (Lipinski definition) is 4. The average Bonchev–Trinajstić information content (AvgIpc) is 2.93. The lowest BCUT2D eigenvalue weighted by atomic mass is 9.81. The van der Waals surface area contributed by atoms with Gasteiger partial charge in [0.2, 0.25) is 0 Å². The summed E-state index contributed by atoms with van der Waals surface area (Å²) < 4.78 is 41.7. The van der Waals surface area contributed by atoms with E-state index >= 15 is 0 Å². The maximum Gasteiger partial charge on any atom is 0.265 e. The molecule has 6 heteroatoms. The second-order valence-electron chi connectivity index (χ2n) is 9.24. The molecule has 4 aromatic carbocycles. The molecule has 5 rings (SSSR count). The second kappa shape index (κ2) is 9.45. The molecule has 0 spiro atoms. The zero-order valence-corrected chi connectivity index (χ0v) is 22.1. The third-order valence-electron chi connectivity index (χ3n) is 6.86. The van der Waals surface area contributed by atoms with Crippen molar-refractivity contribution in [2.45, 2.75) is 24.3 Å². The van der Waals surface area contributed by atoms with Gasteiger partial charge in [0.05, 0.1) is 30.3 Å². The lowest BCUT2D eigenvalue weighted by Crippen LogP contribution is -2.48. The van der Waals surface area contributed by atoms with Crippen molar-refractivity contribution in [3.63, 3.8) is 0 Å². The van der Waals surface area contributed by atoms with Crippen molar-refractivity contribution in [3.05, 3.63) is 125 Å². The molecule has 1 aliphatic rings. The summed E-state index contributed by atoms with van der Waals surface area (Å²) in [6, 6.07) is 30.3. The number of aryl methyl sites for hydroxylation is 1. The van der Waals surface area contributed by atoms with Crippen LogP contribution in [0.5, 0.6) is 11.5 Å². The monoisotopic (exact) mass is 511 g/mol. The Labute approximate surface area is 218 Å². The number of rotatable bonds is 6. The summed E-state index contributed by atoms with van der Waals surface area (Å²) in [5, 5.41) is 0. The maximum absolute atomic E-state index is 14.5. The molecule has 0 saturated heterocycles. The summed E-state index contributed by atoms with van der Waals surface area (Å²) in [6.45, 7) is 3.88. The molecule has 1 unspecified atom stereocenters. The summed E-state index contributed by atoms with van der Waals surface area (Å²) >= 11 is 0. The number of nitrogens with zero attached hydrogens (tertiary/aromatic N) is 1. The lowest BCUT2D eigenvalue weighted by Gasteiger charge is -2.45. The molecule has 1 aliphatic heterocycles. The predicted octanol–water partition coefficient (Wildman–Crippen LogP) is 6.57. The van der Waals surface area contributed by atoms with E-state index < -0.39 is 15.6 Å². The number of ether oxygens (including phenoxy) is 2. The number of sulfonamides is 1. The molecule has 1 heterocycles. The van der Waals surface area contributed by atoms with Gasteiger partial charge in [0, 0.05) is 11.6 Å². The molecular weight excluding hydrogens is 482 g/mol. The van der Waals surface area contributed by atoms with Crippen molar-refractivity contribution in [2.75, 3.05) is 18.5 Å². The standard InChI is InChI=1S/C31H29NO4S/c1-22-15-17-25(18-16-22)37(33,34)32-28-20-30(36-4)29(35-3)19-26(28)27(23-11-7-5-8-12-23)21-31(32,2)24-13-9-6-10-14-24/h5-21H,1-4H3. The van der Waals surface area contributed by atoms with Crippen molar-refractivity contribution in [3.8, 4) is 11.5 Å². The Morgan fingerprint density at radius 3 is 1.92 bits per heavy atom. The molecule has 0 aromatic heterocycles. The van der Waals surface area contributed by atoms with Gasteiger partial charge in [-0.15, -0.1) is 0 Å². The number of hydrogen-bond donors (Lipinski definition) is 0. The van der Waals surface area contributed by atoms with E-state index in [1.807, 2.05) is 98.8 Å². The molecule has 0 N–H and O–H groups in total. The number of methoxy groups -OCH3 is 2. The van der Waals surface area contributed by atoms with Crippen molar-refractivity contribution in [1.29, 1.82) is 0 Å². The molecule has 0 saturated carbocycles. The van der Waals surface area contributed by atoms with Crippen LogP contribution in [0.3, 0.4) is 0 Å². The summed E-state index contributed by atoms with van der Waals surface area (Å²) in [6.07, 6.45) is 2.04. The molecule has 188 valence electrons. The van der Waals surface area contributed by atoms with Gasteiger partial charge in [-0.1, -0.05) is 78.4 Å². The summed E-state index contributed by atoms with van der Waals surface area (Å²) in [5.74, 6) is 0.981. The SMILES string of the molecule is COc1cc2c(cc1OC)N(S(=O)(=O)c1ccc(C)cc1)C(C)(c1ccccc1)C=C2c1ccccc1. The van der Waals surface area contributed by atoms with Crippen LogP contribution in [0.4, 0.5) is 5.69 Å². The highest BCUT2D eigenvalue weighted by Gasteiger charge is 2.45. The minimum atomic E-state index is -4.01. The van der Waals surface area contributed by atoms with Gasteiger partial charge >= 0.3 is 0 Å². The summed E-state index contributed by atoms with van der Waals surface area (Å²) in [4.78, 5) is 0.220. The van der Waals surface area contributed by atoms with Crippen molar-refractivity contribution >= 4 is 21.3 Å². The molecule has 0 fully saturated rings. The highest BCUT2D eigenvalue weighted by molar-refractivity contribution is 7.93. The van der Waals surface area contributed by atoms with Gasteiger partial charge in [0.1, 0.15) is 0 Å². The van der Waals surface area contributed by atoms with Gasteiger partial charge in [0.25, 0.3) is 10.0 Å². The van der Waals surface area contributed by atoms with E-state index in [1.165, 1.54) is 4.31 Å². The first-order valence-corrected chi connectivity index (χ1v) is 13.5. The molecule has 4 aromatic rings. The fourth-order valence-electron chi connectivity index (χ4n) is 4.95. The van der Waals surface area contributed by atoms with E-state index in [9.17, 15) is 8.42 Å². The Hall–Kier alpha value is -4.03. The van der Waals surface area contributed by atoms with Gasteiger partial charge in [0.15, 0.2) is 11.5 Å². The molecule has 0 aliphatic carbocycles. The predicted molar refractivity (Wildman–Crippen MR) is 148 cm³/mol. The molecule has 0 radical (unpaired) electrons. The van der Waals surface area contributed by atoms with Crippen LogP contribution in [0.25, 0.3) is 5.57 Å². The smallest absolute Gasteiger partial charge is 0.265 e. The van der Waals surface area contributed by atoms with Gasteiger partial charge in [-0.3, -0.25) is 4.31 Å². The first kappa shape index (κ1) is 24.7. The first-order valence-electron chi connectivity index (χ1n) is 12.0. The lowest BCUT2D eigenvalue weighted by molar-refractivity contribution is 0.354. The highest BCUT2D eigenvalue weighted by atomic mass is 32.2. The van der Waals surface area contributed by atoms with Crippen molar-refractivity contribution in [2.24, 2.45) is 0 Å². The molecule has 37 heavy (non-hydrogen) atoms. The summed E-state index contributed by atoms with van der Waals surface area (Å²) in [7, 11) is -0.877. The van der Waals surface area contributed by atoms with Crippen LogP contribution in [-0.2, 0) is 15.6 Å². The fourth-order valence-corrected chi connectivity index (χ4v) is 6.71. The third-order valence-corrected chi connectivity index (χ3v) is 8.78. The normalized spacial score (nSPS) is 17.1. The van der Waals surface area contributed by atoms with E-state index in [0.717, 1.165) is 27.8 Å². The topological polar surface area (TPSA) is 55.8 Å². The van der Waals surface area contributed by atoms with E-state index in [0.29, 0.717) is 17.2 Å². The average molecular weight is 512 g/mol. The maximum atomic E-state index is 14.5. The molecule has 1 atom stereocenters. The first-order chi connectivity index (χ1) is 17.8. The Balaban J connectivity index is 1.89. The van der Waals surface area contributed by atoms with Gasteiger partial charge in [-0.05, 0) is 54.8 Å². The molecule has 0 bridgehead atoms. The number of benzene rings is 4. The zero-order chi connectivity index (χ0) is 26.2. The van der Waals surface area contributed by atoms with Crippen LogP contribution in [0.2, 0.25) is 0 Å². The Bertz CT molecular complexity index is 1560. The van der Waals surface area contributed by atoms with Crippen LogP contribution in [0.15, 0.2) is 108 Å². The second-order valence-corrected chi connectivity index (χ2v) is 11.0. The van der Waals surface area contributed by atoms with E-state index in [4.69, 9.17) is 9.47 Å². The number of anilines is 1. The highest BCUT2D eigenvalue weighted by Crippen LogP contribution is 2.51. The Kier molecular flexibility index (Phi) is 6.30. The third kappa shape index (κ3) is 4.17. The van der Waals surface area contributed by atoms with E-state index in [1.54, 1.807) is 32.4 Å². The van der Waals surface area contributed by atoms with Crippen molar-refractivity contribution < 1.29 is 17.9 Å². The van der Waals surface area contributed by atoms with Crippen LogP contribution in [0, 0.1) is 6.92 Å². The zero-order valence-electron chi connectivity index (χ0n) is 21.3. The molecule has 0 amide bonds. The Morgan fingerprint density at radius 1 is 0.757 bits per heavy atom. The Morgan fingerprint density at radius 2 is 1.32 bits per heavy atom. The number of fused-ring (bicyclic) bond motifs is 1. The molecule has 5 nitrogen and oxygen atoms in total. The molecular formula is C31H29NO4S. The minimum absolute atomic E-state index is 0.220. The van der Waals surface area contributed by atoms with Crippen LogP contribution in [-0.4, -0.2) is 22.6 Å².